The van der Waals surface area contributed by atoms with Crippen molar-refractivity contribution in [1.29, 1.82) is 0 Å². The zero-order valence-corrected chi connectivity index (χ0v) is 14.5. The van der Waals surface area contributed by atoms with Crippen LogP contribution in [0.4, 0.5) is 0 Å². The van der Waals surface area contributed by atoms with Crippen molar-refractivity contribution in [2.24, 2.45) is 5.92 Å². The second kappa shape index (κ2) is 6.47. The van der Waals surface area contributed by atoms with Gasteiger partial charge in [-0.05, 0) is 42.0 Å². The van der Waals surface area contributed by atoms with Gasteiger partial charge in [0.05, 0.1) is 0 Å². The van der Waals surface area contributed by atoms with Crippen LogP contribution in [-0.2, 0) is 14.2 Å². The van der Waals surface area contributed by atoms with Crippen molar-refractivity contribution in [2.45, 2.75) is 50.6 Å². The Balaban J connectivity index is 1.68. The third-order valence-electron chi connectivity index (χ3n) is 5.77. The van der Waals surface area contributed by atoms with Gasteiger partial charge in [-0.3, -0.25) is 0 Å². The van der Waals surface area contributed by atoms with Crippen LogP contribution in [0.3, 0.4) is 0 Å². The first-order valence-corrected chi connectivity index (χ1v) is 9.09. The summed E-state index contributed by atoms with van der Waals surface area (Å²) in [5.74, 6) is 0.344. The summed E-state index contributed by atoms with van der Waals surface area (Å²) in [4.78, 5) is 0. The molecule has 4 rings (SSSR count). The molecule has 0 amide bonds. The monoisotopic (exact) mass is 326 g/mol. The van der Waals surface area contributed by atoms with Gasteiger partial charge in [-0.1, -0.05) is 42.5 Å². The van der Waals surface area contributed by atoms with Gasteiger partial charge in [0, 0.05) is 32.5 Å². The summed E-state index contributed by atoms with van der Waals surface area (Å²) in [5.41, 5.74) is 1.40. The Morgan fingerprint density at radius 3 is 2.79 bits per heavy atom. The molecule has 4 unspecified atom stereocenters. The molecule has 3 nitrogen and oxygen atoms in total. The first-order chi connectivity index (χ1) is 11.8. The average Bonchev–Trinajstić information content (AvgIpc) is 3.00. The summed E-state index contributed by atoms with van der Waals surface area (Å²) >= 11 is 0. The summed E-state index contributed by atoms with van der Waals surface area (Å²) in [7, 11) is 1.78. The SMILES string of the molecule is CCOC1CC2C(c3ccc4ccccc4c3)CCCC2(OC)O1. The molecule has 0 aromatic heterocycles. The largest absolute Gasteiger partial charge is 0.353 e. The van der Waals surface area contributed by atoms with Crippen molar-refractivity contribution < 1.29 is 14.2 Å². The number of methoxy groups -OCH3 is 1. The van der Waals surface area contributed by atoms with Crippen molar-refractivity contribution in [3.8, 4) is 0 Å². The lowest BCUT2D eigenvalue weighted by atomic mass is 9.71. The van der Waals surface area contributed by atoms with Crippen molar-refractivity contribution in [3.63, 3.8) is 0 Å². The summed E-state index contributed by atoms with van der Waals surface area (Å²) in [6.45, 7) is 2.70. The number of ether oxygens (including phenoxy) is 3. The molecule has 128 valence electrons. The maximum absolute atomic E-state index is 6.24. The number of benzene rings is 2. The molecule has 0 radical (unpaired) electrons. The normalized spacial score (nSPS) is 32.8. The highest BCUT2D eigenvalue weighted by atomic mass is 16.8. The lowest BCUT2D eigenvalue weighted by molar-refractivity contribution is -0.282. The molecule has 1 aliphatic carbocycles. The predicted octanol–water partition coefficient (Wildman–Crippen LogP) is 4.85. The van der Waals surface area contributed by atoms with Gasteiger partial charge in [0.1, 0.15) is 0 Å². The van der Waals surface area contributed by atoms with Crippen molar-refractivity contribution in [3.05, 3.63) is 48.0 Å². The fourth-order valence-corrected chi connectivity index (χ4v) is 4.66. The average molecular weight is 326 g/mol. The lowest BCUT2D eigenvalue weighted by Crippen LogP contribution is -2.43. The van der Waals surface area contributed by atoms with E-state index in [2.05, 4.69) is 42.5 Å². The van der Waals surface area contributed by atoms with Gasteiger partial charge in [-0.15, -0.1) is 0 Å². The van der Waals surface area contributed by atoms with Crippen LogP contribution in [0, 0.1) is 5.92 Å². The van der Waals surface area contributed by atoms with Crippen molar-refractivity contribution >= 4 is 10.8 Å². The molecular weight excluding hydrogens is 300 g/mol. The lowest BCUT2D eigenvalue weighted by Gasteiger charge is -2.41. The van der Waals surface area contributed by atoms with E-state index in [1.165, 1.54) is 22.8 Å². The molecule has 4 atom stereocenters. The number of hydrogen-bond donors (Lipinski definition) is 0. The Kier molecular flexibility index (Phi) is 4.33. The fourth-order valence-electron chi connectivity index (χ4n) is 4.66. The van der Waals surface area contributed by atoms with E-state index in [4.69, 9.17) is 14.2 Å². The highest BCUT2D eigenvalue weighted by Crippen LogP contribution is 2.53. The smallest absolute Gasteiger partial charge is 0.174 e. The van der Waals surface area contributed by atoms with E-state index >= 15 is 0 Å². The first kappa shape index (κ1) is 16.1. The van der Waals surface area contributed by atoms with E-state index in [-0.39, 0.29) is 6.29 Å². The van der Waals surface area contributed by atoms with E-state index in [0.29, 0.717) is 18.4 Å². The Morgan fingerprint density at radius 2 is 2.00 bits per heavy atom. The van der Waals surface area contributed by atoms with Crippen molar-refractivity contribution in [2.75, 3.05) is 13.7 Å². The summed E-state index contributed by atoms with van der Waals surface area (Å²) in [6, 6.07) is 15.4. The summed E-state index contributed by atoms with van der Waals surface area (Å²) < 4.78 is 17.9. The summed E-state index contributed by atoms with van der Waals surface area (Å²) in [6.07, 6.45) is 4.05. The molecule has 0 spiro atoms. The molecule has 24 heavy (non-hydrogen) atoms. The molecule has 1 aliphatic heterocycles. The minimum absolute atomic E-state index is 0.138. The van der Waals surface area contributed by atoms with Crippen LogP contribution < -0.4 is 0 Å². The van der Waals surface area contributed by atoms with E-state index in [0.717, 1.165) is 19.3 Å². The van der Waals surface area contributed by atoms with E-state index in [1.54, 1.807) is 7.11 Å². The minimum Gasteiger partial charge on any atom is -0.353 e. The maximum atomic E-state index is 6.24. The van der Waals surface area contributed by atoms with E-state index in [1.807, 2.05) is 6.92 Å². The molecule has 1 saturated heterocycles. The minimum atomic E-state index is -0.478. The first-order valence-electron chi connectivity index (χ1n) is 9.09. The van der Waals surface area contributed by atoms with Gasteiger partial charge >= 0.3 is 0 Å². The second-order valence-corrected chi connectivity index (χ2v) is 6.97. The van der Waals surface area contributed by atoms with Crippen LogP contribution >= 0.6 is 0 Å². The molecule has 0 N–H and O–H groups in total. The third kappa shape index (κ3) is 2.65. The number of rotatable bonds is 4. The van der Waals surface area contributed by atoms with Gasteiger partial charge < -0.3 is 14.2 Å². The van der Waals surface area contributed by atoms with Gasteiger partial charge in [0.15, 0.2) is 12.1 Å². The second-order valence-electron chi connectivity index (χ2n) is 6.97. The highest BCUT2D eigenvalue weighted by molar-refractivity contribution is 5.83. The topological polar surface area (TPSA) is 27.7 Å². The molecule has 2 aromatic carbocycles. The van der Waals surface area contributed by atoms with Crippen LogP contribution in [0.1, 0.15) is 44.1 Å². The highest BCUT2D eigenvalue weighted by Gasteiger charge is 2.54. The molecule has 1 saturated carbocycles. The molecule has 0 bridgehead atoms. The van der Waals surface area contributed by atoms with Crippen LogP contribution in [0.2, 0.25) is 0 Å². The van der Waals surface area contributed by atoms with Crippen LogP contribution in [0.15, 0.2) is 42.5 Å². The third-order valence-corrected chi connectivity index (χ3v) is 5.77. The molecule has 2 aromatic rings. The summed E-state index contributed by atoms with van der Waals surface area (Å²) in [5, 5.41) is 2.61. The maximum Gasteiger partial charge on any atom is 0.174 e. The molecular formula is C21H26O3. The number of hydrogen-bond acceptors (Lipinski definition) is 3. The van der Waals surface area contributed by atoms with Crippen molar-refractivity contribution in [1.82, 2.24) is 0 Å². The van der Waals surface area contributed by atoms with Gasteiger partial charge in [0.25, 0.3) is 0 Å². The Labute approximate surface area is 143 Å². The van der Waals surface area contributed by atoms with Crippen LogP contribution in [-0.4, -0.2) is 25.8 Å². The number of fused-ring (bicyclic) bond motifs is 2. The zero-order chi connectivity index (χ0) is 16.6. The quantitative estimate of drug-likeness (QED) is 0.804. The molecule has 2 aliphatic rings. The van der Waals surface area contributed by atoms with Gasteiger partial charge in [-0.2, -0.15) is 0 Å². The van der Waals surface area contributed by atoms with Gasteiger partial charge in [-0.25, -0.2) is 0 Å². The molecule has 2 fully saturated rings. The van der Waals surface area contributed by atoms with Gasteiger partial charge in [0.2, 0.25) is 0 Å². The Morgan fingerprint density at radius 1 is 1.17 bits per heavy atom. The van der Waals surface area contributed by atoms with E-state index < -0.39 is 5.79 Å². The standard InChI is InChI=1S/C21H26O3/c1-3-23-20-14-19-18(9-6-12-21(19,22-2)24-20)17-11-10-15-7-4-5-8-16(15)13-17/h4-5,7-8,10-11,13,18-20H,3,6,9,12,14H2,1-2H3. The van der Waals surface area contributed by atoms with Crippen LogP contribution in [0.25, 0.3) is 10.8 Å². The fraction of sp³-hybridized carbons (Fsp3) is 0.524. The Hall–Kier alpha value is -1.42. The van der Waals surface area contributed by atoms with E-state index in [9.17, 15) is 0 Å². The zero-order valence-electron chi connectivity index (χ0n) is 14.5. The Bertz CT molecular complexity index is 713. The molecule has 1 heterocycles. The predicted molar refractivity (Wildman–Crippen MR) is 94.9 cm³/mol. The molecule has 3 heteroatoms. The van der Waals surface area contributed by atoms with Crippen LogP contribution in [0.5, 0.6) is 0 Å².